The summed E-state index contributed by atoms with van der Waals surface area (Å²) in [5, 5.41) is 0. The van der Waals surface area contributed by atoms with E-state index in [-0.39, 0.29) is 6.54 Å². The number of hydrogen-bond donors (Lipinski definition) is 0. The Morgan fingerprint density at radius 1 is 1.33 bits per heavy atom. The van der Waals surface area contributed by atoms with E-state index < -0.39 is 22.1 Å². The number of anilines is 1. The Morgan fingerprint density at radius 2 is 1.89 bits per heavy atom. The van der Waals surface area contributed by atoms with Crippen LogP contribution >= 0.6 is 0 Å². The highest BCUT2D eigenvalue weighted by Crippen LogP contribution is 2.26. The Hall–Kier alpha value is -1.20. The fraction of sp³-hybridized carbons (Fsp3) is 0.462. The molecule has 5 heteroatoms. The van der Waals surface area contributed by atoms with Crippen molar-refractivity contribution in [2.45, 2.75) is 25.5 Å². The van der Waals surface area contributed by atoms with Gasteiger partial charge in [-0.25, -0.2) is 4.79 Å². The van der Waals surface area contributed by atoms with Crippen molar-refractivity contribution in [1.82, 2.24) is 0 Å². The molecule has 100 valence electrons. The van der Waals surface area contributed by atoms with Crippen LogP contribution in [0.4, 0.5) is 5.69 Å². The molecular formula is C13H19NO3S. The molecule has 0 saturated heterocycles. The van der Waals surface area contributed by atoms with Crippen LogP contribution in [0.5, 0.6) is 0 Å². The van der Waals surface area contributed by atoms with Crippen molar-refractivity contribution in [2.75, 3.05) is 18.0 Å². The van der Waals surface area contributed by atoms with Crippen LogP contribution in [0.1, 0.15) is 20.8 Å². The average Bonchev–Trinajstić information content (AvgIpc) is 2.34. The second-order valence-corrected chi connectivity index (χ2v) is 6.97. The monoisotopic (exact) mass is 269 g/mol. The number of hydrogen-bond acceptors (Lipinski definition) is 4. The third-order valence-corrected chi connectivity index (χ3v) is 4.06. The van der Waals surface area contributed by atoms with E-state index in [1.54, 1.807) is 4.31 Å². The van der Waals surface area contributed by atoms with Crippen LogP contribution in [0, 0.1) is 0 Å². The Balaban J connectivity index is 2.99. The molecule has 0 spiro atoms. The number of ether oxygens (including phenoxy) is 1. The number of benzene rings is 1. The number of carbonyl (C=O) groups is 1. The lowest BCUT2D eigenvalue weighted by atomic mass is 10.3. The number of rotatable bonds is 4. The molecule has 0 radical (unpaired) electrons. The smallest absolute Gasteiger partial charge is 0.330 e. The summed E-state index contributed by atoms with van der Waals surface area (Å²) in [6.45, 7) is 5.59. The predicted octanol–water partition coefficient (Wildman–Crippen LogP) is 2.13. The molecule has 0 aliphatic carbocycles. The second kappa shape index (κ2) is 6.11. The van der Waals surface area contributed by atoms with Crippen molar-refractivity contribution in [1.29, 1.82) is 0 Å². The van der Waals surface area contributed by atoms with Gasteiger partial charge in [0.25, 0.3) is 0 Å². The SMILES string of the molecule is COC(=O)CN(c1ccccc1)[S+]([O-])C(C)(C)C. The van der Waals surface area contributed by atoms with E-state index in [4.69, 9.17) is 0 Å². The zero-order chi connectivity index (χ0) is 13.8. The number of methoxy groups -OCH3 is 1. The van der Waals surface area contributed by atoms with Crippen LogP contribution in [-0.4, -0.2) is 28.9 Å². The first-order valence-electron chi connectivity index (χ1n) is 5.67. The highest BCUT2D eigenvalue weighted by molar-refractivity contribution is 7.94. The van der Waals surface area contributed by atoms with Gasteiger partial charge in [0, 0.05) is 0 Å². The van der Waals surface area contributed by atoms with Crippen LogP contribution in [0.25, 0.3) is 0 Å². The van der Waals surface area contributed by atoms with Gasteiger partial charge in [0.15, 0.2) is 6.54 Å². The van der Waals surface area contributed by atoms with Gasteiger partial charge in [0.05, 0.1) is 24.2 Å². The van der Waals surface area contributed by atoms with Gasteiger partial charge in [-0.05, 0) is 32.9 Å². The first-order chi connectivity index (χ1) is 8.36. The quantitative estimate of drug-likeness (QED) is 0.620. The molecular weight excluding hydrogens is 250 g/mol. The van der Waals surface area contributed by atoms with E-state index in [1.165, 1.54) is 7.11 Å². The molecule has 0 heterocycles. The first-order valence-corrected chi connectivity index (χ1v) is 6.78. The van der Waals surface area contributed by atoms with Crippen molar-refractivity contribution < 1.29 is 14.1 Å². The summed E-state index contributed by atoms with van der Waals surface area (Å²) in [5.74, 6) is -0.406. The Bertz CT molecular complexity index is 389. The lowest BCUT2D eigenvalue weighted by Gasteiger charge is -2.32. The Morgan fingerprint density at radius 3 is 2.33 bits per heavy atom. The number of nitrogens with zero attached hydrogens (tertiary/aromatic N) is 1. The van der Waals surface area contributed by atoms with E-state index >= 15 is 0 Å². The molecule has 0 aliphatic rings. The standard InChI is InChI=1S/C13H19NO3S/c1-13(2,3)18(16)14(10-12(15)17-4)11-8-6-5-7-9-11/h5-9H,10H2,1-4H3. The number of para-hydroxylation sites is 1. The molecule has 4 nitrogen and oxygen atoms in total. The van der Waals surface area contributed by atoms with E-state index in [0.29, 0.717) is 0 Å². The van der Waals surface area contributed by atoms with Crippen molar-refractivity contribution in [3.8, 4) is 0 Å². The molecule has 1 aromatic carbocycles. The maximum atomic E-state index is 12.4. The minimum absolute atomic E-state index is 0.0234. The molecule has 1 unspecified atom stereocenters. The molecule has 1 rings (SSSR count). The molecule has 0 amide bonds. The lowest BCUT2D eigenvalue weighted by molar-refractivity contribution is -0.138. The van der Waals surface area contributed by atoms with E-state index in [9.17, 15) is 9.35 Å². The van der Waals surface area contributed by atoms with Crippen LogP contribution in [0.3, 0.4) is 0 Å². The van der Waals surface area contributed by atoms with Crippen LogP contribution < -0.4 is 4.31 Å². The van der Waals surface area contributed by atoms with Gasteiger partial charge < -0.3 is 9.29 Å². The predicted molar refractivity (Wildman–Crippen MR) is 73.7 cm³/mol. The molecule has 0 saturated carbocycles. The number of esters is 1. The molecule has 0 bridgehead atoms. The third-order valence-electron chi connectivity index (χ3n) is 2.27. The second-order valence-electron chi connectivity index (χ2n) is 4.81. The highest BCUT2D eigenvalue weighted by atomic mass is 32.2. The molecule has 0 aromatic heterocycles. The fourth-order valence-corrected chi connectivity index (χ4v) is 2.55. The largest absolute Gasteiger partial charge is 0.593 e. The zero-order valence-electron chi connectivity index (χ0n) is 11.2. The Kier molecular flexibility index (Phi) is 5.04. The highest BCUT2D eigenvalue weighted by Gasteiger charge is 2.34. The average molecular weight is 269 g/mol. The summed E-state index contributed by atoms with van der Waals surface area (Å²) in [4.78, 5) is 11.4. The van der Waals surface area contributed by atoms with Crippen molar-refractivity contribution in [3.05, 3.63) is 30.3 Å². The molecule has 0 N–H and O–H groups in total. The zero-order valence-corrected chi connectivity index (χ0v) is 12.0. The van der Waals surface area contributed by atoms with Crippen molar-refractivity contribution in [2.24, 2.45) is 0 Å². The van der Waals surface area contributed by atoms with Gasteiger partial charge in [0.1, 0.15) is 4.75 Å². The van der Waals surface area contributed by atoms with Gasteiger partial charge >= 0.3 is 5.97 Å². The van der Waals surface area contributed by atoms with Gasteiger partial charge in [0.2, 0.25) is 0 Å². The molecule has 0 aliphatic heterocycles. The maximum absolute atomic E-state index is 12.4. The molecule has 18 heavy (non-hydrogen) atoms. The summed E-state index contributed by atoms with van der Waals surface area (Å²) < 4.78 is 18.2. The normalized spacial score (nSPS) is 12.9. The number of carbonyl (C=O) groups excluding carboxylic acids is 1. The van der Waals surface area contributed by atoms with E-state index in [2.05, 4.69) is 4.74 Å². The van der Waals surface area contributed by atoms with E-state index in [1.807, 2.05) is 51.1 Å². The summed E-state index contributed by atoms with van der Waals surface area (Å²) in [5.41, 5.74) is 0.746. The summed E-state index contributed by atoms with van der Waals surface area (Å²) in [6.07, 6.45) is 0. The van der Waals surface area contributed by atoms with Crippen molar-refractivity contribution in [3.63, 3.8) is 0 Å². The minimum Gasteiger partial charge on any atom is -0.593 e. The summed E-state index contributed by atoms with van der Waals surface area (Å²) in [6, 6.07) is 9.22. The molecule has 0 fully saturated rings. The van der Waals surface area contributed by atoms with Crippen LogP contribution in [0.15, 0.2) is 30.3 Å². The first kappa shape index (κ1) is 14.9. The lowest BCUT2D eigenvalue weighted by Crippen LogP contribution is -2.45. The topological polar surface area (TPSA) is 52.6 Å². The van der Waals surface area contributed by atoms with Gasteiger partial charge in [-0.2, -0.15) is 4.31 Å². The van der Waals surface area contributed by atoms with Gasteiger partial charge in [-0.1, -0.05) is 18.2 Å². The van der Waals surface area contributed by atoms with Crippen LogP contribution in [-0.2, 0) is 20.9 Å². The van der Waals surface area contributed by atoms with Crippen LogP contribution in [0.2, 0.25) is 0 Å². The van der Waals surface area contributed by atoms with E-state index in [0.717, 1.165) is 5.69 Å². The van der Waals surface area contributed by atoms with Gasteiger partial charge in [-0.15, -0.1) is 0 Å². The molecule has 1 aromatic rings. The summed E-state index contributed by atoms with van der Waals surface area (Å²) in [7, 11) is 1.32. The Labute approximate surface area is 111 Å². The maximum Gasteiger partial charge on any atom is 0.330 e. The summed E-state index contributed by atoms with van der Waals surface area (Å²) >= 11 is -1.32. The van der Waals surface area contributed by atoms with Crippen molar-refractivity contribution >= 4 is 23.0 Å². The third kappa shape index (κ3) is 3.92. The minimum atomic E-state index is -1.32. The van der Waals surface area contributed by atoms with Gasteiger partial charge in [-0.3, -0.25) is 0 Å². The molecule has 1 atom stereocenters. The fourth-order valence-electron chi connectivity index (χ4n) is 1.35.